The number of hydrogen-bond acceptors (Lipinski definition) is 3. The van der Waals surface area contributed by atoms with Crippen molar-refractivity contribution in [3.8, 4) is 0 Å². The van der Waals surface area contributed by atoms with Crippen molar-refractivity contribution in [3.05, 3.63) is 0 Å². The van der Waals surface area contributed by atoms with E-state index in [4.69, 9.17) is 5.73 Å². The molecule has 0 aromatic heterocycles. The fraction of sp³-hybridized carbons (Fsp3) is 0.933. The smallest absolute Gasteiger partial charge is 0.237 e. The van der Waals surface area contributed by atoms with Crippen LogP contribution in [0.1, 0.15) is 58.8 Å². The third kappa shape index (κ3) is 4.18. The minimum atomic E-state index is -0.471. The van der Waals surface area contributed by atoms with Crippen molar-refractivity contribution in [1.82, 2.24) is 10.2 Å². The predicted molar refractivity (Wildman–Crippen MR) is 80.0 cm³/mol. The van der Waals surface area contributed by atoms with Crippen LogP contribution in [0.2, 0.25) is 0 Å². The molecule has 1 aliphatic rings. The molecule has 0 aromatic rings. The number of hydrogen-bond donors (Lipinski definition) is 2. The average molecular weight is 269 g/mol. The van der Waals surface area contributed by atoms with Gasteiger partial charge in [0.25, 0.3) is 0 Å². The fourth-order valence-corrected chi connectivity index (χ4v) is 3.10. The van der Waals surface area contributed by atoms with E-state index in [1.807, 2.05) is 7.05 Å². The lowest BCUT2D eigenvalue weighted by atomic mass is 9.96. The maximum Gasteiger partial charge on any atom is 0.237 e. The molecule has 0 heterocycles. The maximum absolute atomic E-state index is 11.7. The third-order valence-corrected chi connectivity index (χ3v) is 4.55. The van der Waals surface area contributed by atoms with E-state index in [-0.39, 0.29) is 5.91 Å². The Balaban J connectivity index is 2.62. The number of primary amides is 1. The minimum Gasteiger partial charge on any atom is -0.368 e. The molecule has 2 unspecified atom stereocenters. The van der Waals surface area contributed by atoms with Crippen molar-refractivity contribution >= 4 is 5.91 Å². The van der Waals surface area contributed by atoms with Gasteiger partial charge in [0.2, 0.25) is 5.91 Å². The van der Waals surface area contributed by atoms with Crippen LogP contribution in [-0.2, 0) is 4.79 Å². The van der Waals surface area contributed by atoms with E-state index < -0.39 is 5.54 Å². The van der Waals surface area contributed by atoms with Gasteiger partial charge in [-0.3, -0.25) is 4.79 Å². The molecule has 0 saturated heterocycles. The second-order valence-corrected chi connectivity index (χ2v) is 5.84. The zero-order valence-electron chi connectivity index (χ0n) is 12.9. The molecule has 1 saturated carbocycles. The highest BCUT2D eigenvalue weighted by Gasteiger charge is 2.44. The Labute approximate surface area is 118 Å². The Morgan fingerprint density at radius 3 is 2.26 bits per heavy atom. The highest BCUT2D eigenvalue weighted by atomic mass is 16.1. The summed E-state index contributed by atoms with van der Waals surface area (Å²) in [6.45, 7) is 6.77. The van der Waals surface area contributed by atoms with Gasteiger partial charge in [0.1, 0.15) is 0 Å². The highest BCUT2D eigenvalue weighted by molar-refractivity contribution is 5.85. The van der Waals surface area contributed by atoms with Gasteiger partial charge in [-0.25, -0.2) is 0 Å². The lowest BCUT2D eigenvalue weighted by Gasteiger charge is -2.31. The Kier molecular flexibility index (Phi) is 6.80. The van der Waals surface area contributed by atoms with Crippen LogP contribution in [0.25, 0.3) is 0 Å². The summed E-state index contributed by atoms with van der Waals surface area (Å²) in [7, 11) is 1.86. The normalized spacial score (nSPS) is 27.1. The van der Waals surface area contributed by atoms with Gasteiger partial charge in [-0.2, -0.15) is 0 Å². The van der Waals surface area contributed by atoms with Crippen molar-refractivity contribution in [3.63, 3.8) is 0 Å². The van der Waals surface area contributed by atoms with Crippen molar-refractivity contribution < 1.29 is 4.79 Å². The van der Waals surface area contributed by atoms with Gasteiger partial charge in [-0.15, -0.1) is 0 Å². The van der Waals surface area contributed by atoms with Crippen LogP contribution in [0.4, 0.5) is 0 Å². The summed E-state index contributed by atoms with van der Waals surface area (Å²) >= 11 is 0. The van der Waals surface area contributed by atoms with Gasteiger partial charge >= 0.3 is 0 Å². The zero-order valence-corrected chi connectivity index (χ0v) is 12.9. The number of unbranched alkanes of at least 4 members (excludes halogenated alkanes) is 2. The molecule has 0 spiro atoms. The lowest BCUT2D eigenvalue weighted by molar-refractivity contribution is -0.124. The molecule has 1 aliphatic carbocycles. The van der Waals surface area contributed by atoms with Crippen molar-refractivity contribution in [2.24, 2.45) is 5.73 Å². The van der Waals surface area contributed by atoms with E-state index in [9.17, 15) is 4.79 Å². The molecule has 3 N–H and O–H groups in total. The molecule has 0 aromatic carbocycles. The number of carbonyl (C=O) groups excluding carboxylic acids is 1. The SMILES string of the molecule is CCCCN(CCCC)C1CCC(NC)(C(N)=O)C1. The molecule has 19 heavy (non-hydrogen) atoms. The second kappa shape index (κ2) is 7.85. The molecule has 112 valence electrons. The first-order chi connectivity index (χ1) is 9.09. The van der Waals surface area contributed by atoms with Crippen molar-refractivity contribution in [2.45, 2.75) is 70.4 Å². The van der Waals surface area contributed by atoms with Gasteiger partial charge in [-0.1, -0.05) is 26.7 Å². The van der Waals surface area contributed by atoms with Crippen LogP contribution in [0.15, 0.2) is 0 Å². The Morgan fingerprint density at radius 2 is 1.89 bits per heavy atom. The molecule has 4 heteroatoms. The second-order valence-electron chi connectivity index (χ2n) is 5.84. The fourth-order valence-electron chi connectivity index (χ4n) is 3.10. The van der Waals surface area contributed by atoms with Crippen LogP contribution < -0.4 is 11.1 Å². The number of nitrogens with one attached hydrogen (secondary N) is 1. The maximum atomic E-state index is 11.7. The molecular formula is C15H31N3O. The summed E-state index contributed by atoms with van der Waals surface area (Å²) in [6.07, 6.45) is 7.75. The number of likely N-dealkylation sites (N-methyl/N-ethyl adjacent to an activating group) is 1. The number of amides is 1. The van der Waals surface area contributed by atoms with Gasteiger partial charge in [0.05, 0.1) is 5.54 Å². The lowest BCUT2D eigenvalue weighted by Crippen LogP contribution is -2.53. The van der Waals surface area contributed by atoms with Crippen molar-refractivity contribution in [2.75, 3.05) is 20.1 Å². The highest BCUT2D eigenvalue weighted by Crippen LogP contribution is 2.33. The number of rotatable bonds is 9. The van der Waals surface area contributed by atoms with E-state index in [0.717, 1.165) is 32.4 Å². The summed E-state index contributed by atoms with van der Waals surface area (Å²) in [5.41, 5.74) is 5.12. The summed E-state index contributed by atoms with van der Waals surface area (Å²) in [5, 5.41) is 3.17. The van der Waals surface area contributed by atoms with E-state index >= 15 is 0 Å². The Morgan fingerprint density at radius 1 is 1.32 bits per heavy atom. The molecule has 4 nitrogen and oxygen atoms in total. The average Bonchev–Trinajstić information content (AvgIpc) is 2.84. The van der Waals surface area contributed by atoms with Crippen LogP contribution in [-0.4, -0.2) is 42.5 Å². The summed E-state index contributed by atoms with van der Waals surface area (Å²) in [5.74, 6) is -0.191. The van der Waals surface area contributed by atoms with E-state index in [0.29, 0.717) is 6.04 Å². The number of carbonyl (C=O) groups is 1. The topological polar surface area (TPSA) is 58.4 Å². The Bertz CT molecular complexity index is 275. The van der Waals surface area contributed by atoms with E-state index in [1.165, 1.54) is 25.7 Å². The van der Waals surface area contributed by atoms with Crippen LogP contribution >= 0.6 is 0 Å². The van der Waals surface area contributed by atoms with Gasteiger partial charge in [0, 0.05) is 6.04 Å². The van der Waals surface area contributed by atoms with Gasteiger partial charge in [0.15, 0.2) is 0 Å². The standard InChI is InChI=1S/C15H31N3O/c1-4-6-10-18(11-7-5-2)13-8-9-15(12-13,17-3)14(16)19/h13,17H,4-12H2,1-3H3,(H2,16,19). The van der Waals surface area contributed by atoms with E-state index in [2.05, 4.69) is 24.1 Å². The van der Waals surface area contributed by atoms with Crippen molar-refractivity contribution in [1.29, 1.82) is 0 Å². The van der Waals surface area contributed by atoms with E-state index in [1.54, 1.807) is 0 Å². The molecule has 1 rings (SSSR count). The Hall–Kier alpha value is -0.610. The monoisotopic (exact) mass is 269 g/mol. The zero-order chi connectivity index (χ0) is 14.3. The first kappa shape index (κ1) is 16.4. The molecule has 1 amide bonds. The molecule has 0 bridgehead atoms. The predicted octanol–water partition coefficient (Wildman–Crippen LogP) is 1.88. The molecular weight excluding hydrogens is 238 g/mol. The third-order valence-electron chi connectivity index (χ3n) is 4.55. The molecule has 2 atom stereocenters. The first-order valence-electron chi connectivity index (χ1n) is 7.82. The van der Waals surface area contributed by atoms with Crippen LogP contribution in [0.5, 0.6) is 0 Å². The first-order valence-corrected chi connectivity index (χ1v) is 7.82. The van der Waals surface area contributed by atoms with Crippen LogP contribution in [0.3, 0.4) is 0 Å². The summed E-state index contributed by atoms with van der Waals surface area (Å²) in [6, 6.07) is 0.512. The number of nitrogens with two attached hydrogens (primary N) is 1. The minimum absolute atomic E-state index is 0.191. The molecule has 1 fully saturated rings. The quantitative estimate of drug-likeness (QED) is 0.672. The number of nitrogens with zero attached hydrogens (tertiary/aromatic N) is 1. The summed E-state index contributed by atoms with van der Waals surface area (Å²) in [4.78, 5) is 14.3. The molecule has 0 radical (unpaired) electrons. The summed E-state index contributed by atoms with van der Waals surface area (Å²) < 4.78 is 0. The largest absolute Gasteiger partial charge is 0.368 e. The molecule has 0 aliphatic heterocycles. The van der Waals surface area contributed by atoms with Gasteiger partial charge < -0.3 is 16.0 Å². The van der Waals surface area contributed by atoms with Gasteiger partial charge in [-0.05, 0) is 52.2 Å². The van der Waals surface area contributed by atoms with Crippen LogP contribution in [0, 0.1) is 0 Å².